The van der Waals surface area contributed by atoms with Crippen LogP contribution in [0.15, 0.2) is 35.7 Å². The van der Waals surface area contributed by atoms with Crippen LogP contribution in [0.3, 0.4) is 0 Å². The highest BCUT2D eigenvalue weighted by Crippen LogP contribution is 2.32. The number of ether oxygens (including phenoxy) is 2. The third-order valence-corrected chi connectivity index (χ3v) is 5.60. The maximum Gasteiger partial charge on any atom is 0.230 e. The number of hydrogen-bond acceptors (Lipinski definition) is 5. The molecule has 0 atom stereocenters. The molecule has 0 aliphatic carbocycles. The summed E-state index contributed by atoms with van der Waals surface area (Å²) in [4.78, 5) is 17.1. The highest BCUT2D eigenvalue weighted by Gasteiger charge is 2.15. The molecule has 6 heteroatoms. The van der Waals surface area contributed by atoms with Crippen molar-refractivity contribution in [1.29, 1.82) is 0 Å². The number of amides is 1. The molecule has 1 amide bonds. The van der Waals surface area contributed by atoms with Gasteiger partial charge in [0.05, 0.1) is 12.1 Å². The number of hydrogen-bond donors (Lipinski definition) is 1. The first kappa shape index (κ1) is 18.5. The van der Waals surface area contributed by atoms with Gasteiger partial charge in [0, 0.05) is 10.9 Å². The number of thiazole rings is 1. The van der Waals surface area contributed by atoms with Crippen LogP contribution in [0.4, 0.5) is 5.13 Å². The summed E-state index contributed by atoms with van der Waals surface area (Å²) in [7, 11) is 0. The van der Waals surface area contributed by atoms with E-state index in [9.17, 15) is 4.79 Å². The summed E-state index contributed by atoms with van der Waals surface area (Å²) in [5.74, 6) is 1.32. The van der Waals surface area contributed by atoms with Gasteiger partial charge in [0.25, 0.3) is 0 Å². The molecule has 0 fully saturated rings. The van der Waals surface area contributed by atoms with E-state index in [-0.39, 0.29) is 12.3 Å². The zero-order chi connectivity index (χ0) is 19.7. The lowest BCUT2D eigenvalue weighted by atomic mass is 9.99. The lowest BCUT2D eigenvalue weighted by Crippen LogP contribution is -2.17. The molecule has 144 valence electrons. The third kappa shape index (κ3) is 3.87. The van der Waals surface area contributed by atoms with E-state index in [2.05, 4.69) is 43.2 Å². The summed E-state index contributed by atoms with van der Waals surface area (Å²) in [5.41, 5.74) is 6.56. The Bertz CT molecular complexity index is 1040. The molecule has 1 N–H and O–H groups in total. The van der Waals surface area contributed by atoms with Gasteiger partial charge in [-0.1, -0.05) is 12.1 Å². The monoisotopic (exact) mass is 394 g/mol. The van der Waals surface area contributed by atoms with Crippen molar-refractivity contribution in [2.75, 3.05) is 18.5 Å². The normalized spacial score (nSPS) is 12.7. The second kappa shape index (κ2) is 7.64. The molecule has 1 aliphatic rings. The van der Waals surface area contributed by atoms with Crippen LogP contribution in [0.5, 0.6) is 11.5 Å². The van der Waals surface area contributed by atoms with Gasteiger partial charge in [0.2, 0.25) is 5.91 Å². The zero-order valence-corrected chi connectivity index (χ0v) is 17.0. The largest absolute Gasteiger partial charge is 0.486 e. The zero-order valence-electron chi connectivity index (χ0n) is 16.2. The van der Waals surface area contributed by atoms with E-state index in [0.29, 0.717) is 24.1 Å². The molecule has 2 aromatic carbocycles. The molecule has 0 radical (unpaired) electrons. The minimum Gasteiger partial charge on any atom is -0.486 e. The summed E-state index contributed by atoms with van der Waals surface area (Å²) in [6.45, 7) is 7.38. The molecule has 5 nitrogen and oxygen atoms in total. The van der Waals surface area contributed by atoms with Crippen molar-refractivity contribution in [3.05, 3.63) is 58.0 Å². The first-order valence-corrected chi connectivity index (χ1v) is 10.1. The summed E-state index contributed by atoms with van der Waals surface area (Å²) in [5, 5.41) is 5.49. The quantitative estimate of drug-likeness (QED) is 0.697. The van der Waals surface area contributed by atoms with E-state index in [1.165, 1.54) is 28.0 Å². The Labute approximate surface area is 168 Å². The summed E-state index contributed by atoms with van der Waals surface area (Å²) in [6, 6.07) is 9.92. The van der Waals surface area contributed by atoms with Crippen LogP contribution in [0.2, 0.25) is 0 Å². The van der Waals surface area contributed by atoms with Gasteiger partial charge in [-0.25, -0.2) is 4.98 Å². The van der Waals surface area contributed by atoms with Gasteiger partial charge in [-0.3, -0.25) is 4.79 Å². The van der Waals surface area contributed by atoms with E-state index >= 15 is 0 Å². The Morgan fingerprint density at radius 1 is 1.04 bits per heavy atom. The second-order valence-electron chi connectivity index (χ2n) is 6.99. The highest BCUT2D eigenvalue weighted by atomic mass is 32.1. The van der Waals surface area contributed by atoms with Gasteiger partial charge in [0.15, 0.2) is 16.6 Å². The lowest BCUT2D eigenvalue weighted by molar-refractivity contribution is -0.115. The van der Waals surface area contributed by atoms with E-state index in [4.69, 9.17) is 9.47 Å². The van der Waals surface area contributed by atoms with Crippen LogP contribution in [-0.2, 0) is 11.2 Å². The second-order valence-corrected chi connectivity index (χ2v) is 7.85. The number of fused-ring (bicyclic) bond motifs is 1. The first-order chi connectivity index (χ1) is 13.5. The third-order valence-electron chi connectivity index (χ3n) is 4.84. The van der Waals surface area contributed by atoms with Gasteiger partial charge >= 0.3 is 0 Å². The molecular weight excluding hydrogens is 372 g/mol. The fourth-order valence-electron chi connectivity index (χ4n) is 3.24. The van der Waals surface area contributed by atoms with E-state index in [1.807, 2.05) is 23.6 Å². The average Bonchev–Trinajstić information content (AvgIpc) is 3.12. The Hall–Kier alpha value is -2.86. The van der Waals surface area contributed by atoms with Crippen LogP contribution >= 0.6 is 11.3 Å². The minimum atomic E-state index is -0.102. The van der Waals surface area contributed by atoms with Gasteiger partial charge in [-0.05, 0) is 61.2 Å². The van der Waals surface area contributed by atoms with Crippen molar-refractivity contribution in [3.63, 3.8) is 0 Å². The van der Waals surface area contributed by atoms with Crippen LogP contribution < -0.4 is 14.8 Å². The Kier molecular flexibility index (Phi) is 5.05. The maximum absolute atomic E-state index is 12.4. The predicted molar refractivity (Wildman–Crippen MR) is 112 cm³/mol. The standard InChI is InChI=1S/C22H22N2O3S/c1-13-8-15(3)17(9-14(13)2)18-12-28-22(23-18)24-21(25)11-16-4-5-19-20(10-16)27-7-6-26-19/h4-5,8-10,12H,6-7,11H2,1-3H3,(H,23,24,25). The molecule has 0 unspecified atom stereocenters. The molecule has 2 heterocycles. The van der Waals surface area contributed by atoms with E-state index < -0.39 is 0 Å². The van der Waals surface area contributed by atoms with Crippen molar-refractivity contribution < 1.29 is 14.3 Å². The molecule has 4 rings (SSSR count). The number of carbonyl (C=O) groups is 1. The number of nitrogens with one attached hydrogen (secondary N) is 1. The Morgan fingerprint density at radius 3 is 2.61 bits per heavy atom. The number of anilines is 1. The lowest BCUT2D eigenvalue weighted by Gasteiger charge is -2.18. The molecular formula is C22H22N2O3S. The number of nitrogens with zero attached hydrogens (tertiary/aromatic N) is 1. The van der Waals surface area contributed by atoms with Crippen LogP contribution in [-0.4, -0.2) is 24.1 Å². The smallest absolute Gasteiger partial charge is 0.230 e. The molecule has 3 aromatic rings. The SMILES string of the molecule is Cc1cc(C)c(-c2csc(NC(=O)Cc3ccc4c(c3)OCCO4)n2)cc1C. The van der Waals surface area contributed by atoms with Crippen molar-refractivity contribution in [2.24, 2.45) is 0 Å². The topological polar surface area (TPSA) is 60.5 Å². The van der Waals surface area contributed by atoms with E-state index in [0.717, 1.165) is 22.6 Å². The van der Waals surface area contributed by atoms with Gasteiger partial charge in [0.1, 0.15) is 13.2 Å². The van der Waals surface area contributed by atoms with Crippen molar-refractivity contribution in [3.8, 4) is 22.8 Å². The van der Waals surface area contributed by atoms with Crippen molar-refractivity contribution in [2.45, 2.75) is 27.2 Å². The molecule has 28 heavy (non-hydrogen) atoms. The maximum atomic E-state index is 12.4. The van der Waals surface area contributed by atoms with Gasteiger partial charge < -0.3 is 14.8 Å². The van der Waals surface area contributed by atoms with Gasteiger partial charge in [-0.2, -0.15) is 0 Å². The highest BCUT2D eigenvalue weighted by molar-refractivity contribution is 7.14. The number of aromatic nitrogens is 1. The molecule has 0 bridgehead atoms. The fourth-order valence-corrected chi connectivity index (χ4v) is 3.96. The van der Waals surface area contributed by atoms with Crippen LogP contribution in [0.1, 0.15) is 22.3 Å². The molecule has 0 spiro atoms. The fraction of sp³-hybridized carbons (Fsp3) is 0.273. The number of carbonyl (C=O) groups excluding carboxylic acids is 1. The average molecular weight is 394 g/mol. The molecule has 0 saturated heterocycles. The van der Waals surface area contributed by atoms with E-state index in [1.54, 1.807) is 0 Å². The summed E-state index contributed by atoms with van der Waals surface area (Å²) >= 11 is 1.44. The predicted octanol–water partition coefficient (Wildman–Crippen LogP) is 4.69. The molecule has 1 aliphatic heterocycles. The van der Waals surface area contributed by atoms with Crippen molar-refractivity contribution >= 4 is 22.4 Å². The van der Waals surface area contributed by atoms with Crippen LogP contribution in [0.25, 0.3) is 11.3 Å². The number of rotatable bonds is 4. The molecule has 0 saturated carbocycles. The Morgan fingerprint density at radius 2 is 1.79 bits per heavy atom. The van der Waals surface area contributed by atoms with Crippen molar-refractivity contribution in [1.82, 2.24) is 4.98 Å². The number of benzene rings is 2. The number of aryl methyl sites for hydroxylation is 3. The summed E-state index contributed by atoms with van der Waals surface area (Å²) < 4.78 is 11.1. The summed E-state index contributed by atoms with van der Waals surface area (Å²) in [6.07, 6.45) is 0.258. The Balaban J connectivity index is 1.45. The van der Waals surface area contributed by atoms with Crippen LogP contribution in [0, 0.1) is 20.8 Å². The first-order valence-electron chi connectivity index (χ1n) is 9.22. The molecule has 1 aromatic heterocycles. The van der Waals surface area contributed by atoms with Gasteiger partial charge in [-0.15, -0.1) is 11.3 Å². The minimum absolute atomic E-state index is 0.102.